The number of nitrogens with zero attached hydrogens (tertiary/aromatic N) is 2. The van der Waals surface area contributed by atoms with Gasteiger partial charge in [-0.15, -0.1) is 0 Å². The summed E-state index contributed by atoms with van der Waals surface area (Å²) in [5.41, 5.74) is 0.472. The highest BCUT2D eigenvalue weighted by molar-refractivity contribution is 7.89. The molecule has 0 amide bonds. The van der Waals surface area contributed by atoms with Gasteiger partial charge < -0.3 is 15.2 Å². The number of aliphatic hydroxyl groups is 1. The van der Waals surface area contributed by atoms with Gasteiger partial charge in [-0.1, -0.05) is 6.92 Å². The van der Waals surface area contributed by atoms with Crippen LogP contribution < -0.4 is 5.32 Å². The standard InChI is InChI=1S/C13H23N3O4S/c1-3-6-14-12-5-4-7-15-13(12)21(18,19)16(8-10-17)9-11-20-2/h4-5,7,14,17H,3,6,8-11H2,1-2H3. The third-order valence-electron chi connectivity index (χ3n) is 2.82. The van der Waals surface area contributed by atoms with Gasteiger partial charge in [0.25, 0.3) is 10.0 Å². The molecule has 0 aromatic carbocycles. The van der Waals surface area contributed by atoms with Crippen LogP contribution in [0.5, 0.6) is 0 Å². The summed E-state index contributed by atoms with van der Waals surface area (Å²) in [5, 5.41) is 12.1. The first-order valence-corrected chi connectivity index (χ1v) is 8.30. The number of anilines is 1. The van der Waals surface area contributed by atoms with Crippen LogP contribution in [0, 0.1) is 0 Å². The van der Waals surface area contributed by atoms with Crippen molar-refractivity contribution in [3.63, 3.8) is 0 Å². The van der Waals surface area contributed by atoms with Crippen LogP contribution in [0.25, 0.3) is 0 Å². The molecule has 0 atom stereocenters. The van der Waals surface area contributed by atoms with Gasteiger partial charge in [-0.3, -0.25) is 0 Å². The van der Waals surface area contributed by atoms with Crippen molar-refractivity contribution in [3.05, 3.63) is 18.3 Å². The van der Waals surface area contributed by atoms with Crippen LogP contribution in [0.2, 0.25) is 0 Å². The molecular formula is C13H23N3O4S. The molecule has 0 spiro atoms. The number of hydrogen-bond donors (Lipinski definition) is 2. The third-order valence-corrected chi connectivity index (χ3v) is 4.67. The monoisotopic (exact) mass is 317 g/mol. The molecule has 0 unspecified atom stereocenters. The van der Waals surface area contributed by atoms with Crippen LogP contribution in [0.1, 0.15) is 13.3 Å². The number of hydrogen-bond acceptors (Lipinski definition) is 6. The summed E-state index contributed by atoms with van der Waals surface area (Å²) in [5.74, 6) is 0. The molecule has 0 saturated carbocycles. The molecule has 120 valence electrons. The van der Waals surface area contributed by atoms with E-state index in [1.54, 1.807) is 12.1 Å². The molecule has 0 fully saturated rings. The maximum Gasteiger partial charge on any atom is 0.262 e. The lowest BCUT2D eigenvalue weighted by molar-refractivity contribution is 0.168. The first-order valence-electron chi connectivity index (χ1n) is 6.86. The summed E-state index contributed by atoms with van der Waals surface area (Å²) >= 11 is 0. The van der Waals surface area contributed by atoms with Crippen LogP contribution >= 0.6 is 0 Å². The van der Waals surface area contributed by atoms with Gasteiger partial charge in [0.1, 0.15) is 0 Å². The first kappa shape index (κ1) is 17.8. The lowest BCUT2D eigenvalue weighted by Crippen LogP contribution is -2.37. The summed E-state index contributed by atoms with van der Waals surface area (Å²) < 4.78 is 31.4. The molecule has 0 saturated heterocycles. The molecule has 1 heterocycles. The molecule has 8 heteroatoms. The van der Waals surface area contributed by atoms with Crippen molar-refractivity contribution in [2.24, 2.45) is 0 Å². The Morgan fingerprint density at radius 2 is 2.19 bits per heavy atom. The Morgan fingerprint density at radius 1 is 1.43 bits per heavy atom. The second-order valence-corrected chi connectivity index (χ2v) is 6.26. The van der Waals surface area contributed by atoms with E-state index in [1.165, 1.54) is 17.6 Å². The minimum Gasteiger partial charge on any atom is -0.395 e. The molecule has 0 aliphatic rings. The fourth-order valence-corrected chi connectivity index (χ4v) is 3.26. The van der Waals surface area contributed by atoms with E-state index < -0.39 is 10.0 Å². The number of aliphatic hydroxyl groups excluding tert-OH is 1. The van der Waals surface area contributed by atoms with Crippen molar-refractivity contribution in [2.75, 3.05) is 45.3 Å². The summed E-state index contributed by atoms with van der Waals surface area (Å²) in [6.45, 7) is 2.83. The Morgan fingerprint density at radius 3 is 2.81 bits per heavy atom. The van der Waals surface area contributed by atoms with E-state index in [0.717, 1.165) is 6.42 Å². The van der Waals surface area contributed by atoms with Crippen LogP contribution in [0.15, 0.2) is 23.4 Å². The predicted octanol–water partition coefficient (Wildman–Crippen LogP) is 0.533. The van der Waals surface area contributed by atoms with Crippen molar-refractivity contribution in [1.29, 1.82) is 0 Å². The smallest absolute Gasteiger partial charge is 0.262 e. The minimum absolute atomic E-state index is 0.00941. The van der Waals surface area contributed by atoms with E-state index in [1.807, 2.05) is 6.92 Å². The fourth-order valence-electron chi connectivity index (χ4n) is 1.77. The number of rotatable bonds is 10. The van der Waals surface area contributed by atoms with E-state index >= 15 is 0 Å². The predicted molar refractivity (Wildman–Crippen MR) is 80.7 cm³/mol. The number of sulfonamides is 1. The van der Waals surface area contributed by atoms with E-state index in [0.29, 0.717) is 12.2 Å². The van der Waals surface area contributed by atoms with Crippen molar-refractivity contribution >= 4 is 15.7 Å². The van der Waals surface area contributed by atoms with Crippen molar-refractivity contribution in [3.8, 4) is 0 Å². The maximum absolute atomic E-state index is 12.7. The Kier molecular flexibility index (Phi) is 7.58. The highest BCUT2D eigenvalue weighted by Crippen LogP contribution is 2.21. The topological polar surface area (TPSA) is 91.8 Å². The maximum atomic E-state index is 12.7. The molecule has 2 N–H and O–H groups in total. The van der Waals surface area contributed by atoms with Crippen molar-refractivity contribution in [1.82, 2.24) is 9.29 Å². The number of pyridine rings is 1. The molecule has 7 nitrogen and oxygen atoms in total. The molecule has 1 aromatic rings. The normalized spacial score (nSPS) is 11.8. The second-order valence-electron chi connectivity index (χ2n) is 4.40. The Balaban J connectivity index is 3.08. The van der Waals surface area contributed by atoms with Gasteiger partial charge in [-0.2, -0.15) is 4.31 Å². The summed E-state index contributed by atoms with van der Waals surface area (Å²) in [6, 6.07) is 3.37. The van der Waals surface area contributed by atoms with Crippen LogP contribution in [0.3, 0.4) is 0 Å². The van der Waals surface area contributed by atoms with Crippen molar-refractivity contribution < 1.29 is 18.3 Å². The van der Waals surface area contributed by atoms with Gasteiger partial charge in [0.05, 0.1) is 18.9 Å². The molecular weight excluding hydrogens is 294 g/mol. The summed E-state index contributed by atoms with van der Waals surface area (Å²) in [6.07, 6.45) is 2.32. The number of methoxy groups -OCH3 is 1. The van der Waals surface area contributed by atoms with E-state index in [4.69, 9.17) is 9.84 Å². The molecule has 21 heavy (non-hydrogen) atoms. The molecule has 0 bridgehead atoms. The largest absolute Gasteiger partial charge is 0.395 e. The lowest BCUT2D eigenvalue weighted by atomic mass is 10.4. The van der Waals surface area contributed by atoms with E-state index in [9.17, 15) is 8.42 Å². The van der Waals surface area contributed by atoms with Gasteiger partial charge in [-0.05, 0) is 18.6 Å². The SMILES string of the molecule is CCCNc1cccnc1S(=O)(=O)N(CCO)CCOC. The van der Waals surface area contributed by atoms with Gasteiger partial charge in [0, 0.05) is 32.9 Å². The Hall–Kier alpha value is -1.22. The number of ether oxygens (including phenoxy) is 1. The number of aromatic nitrogens is 1. The van der Waals surface area contributed by atoms with E-state index in [2.05, 4.69) is 10.3 Å². The second kappa shape index (κ2) is 8.93. The zero-order valence-corrected chi connectivity index (χ0v) is 13.3. The van der Waals surface area contributed by atoms with Crippen molar-refractivity contribution in [2.45, 2.75) is 18.4 Å². The number of nitrogens with one attached hydrogen (secondary N) is 1. The highest BCUT2D eigenvalue weighted by Gasteiger charge is 2.27. The Labute approximate surface area is 126 Å². The van der Waals surface area contributed by atoms with Gasteiger partial charge in [0.2, 0.25) is 0 Å². The van der Waals surface area contributed by atoms with Crippen LogP contribution in [0.4, 0.5) is 5.69 Å². The van der Waals surface area contributed by atoms with Crippen LogP contribution in [-0.2, 0) is 14.8 Å². The summed E-state index contributed by atoms with van der Waals surface area (Å²) in [7, 11) is -2.28. The summed E-state index contributed by atoms with van der Waals surface area (Å²) in [4.78, 5) is 4.00. The van der Waals surface area contributed by atoms with Gasteiger partial charge in [-0.25, -0.2) is 13.4 Å². The first-order chi connectivity index (χ1) is 10.1. The van der Waals surface area contributed by atoms with Gasteiger partial charge in [0.15, 0.2) is 5.03 Å². The quantitative estimate of drug-likeness (QED) is 0.654. The molecule has 1 aromatic heterocycles. The molecule has 0 aliphatic heterocycles. The Bertz CT molecular complexity index is 522. The van der Waals surface area contributed by atoms with Gasteiger partial charge >= 0.3 is 0 Å². The molecule has 0 radical (unpaired) electrons. The zero-order valence-electron chi connectivity index (χ0n) is 12.4. The lowest BCUT2D eigenvalue weighted by Gasteiger charge is -2.21. The molecule has 1 rings (SSSR count). The zero-order chi connectivity index (χ0) is 15.7. The van der Waals surface area contributed by atoms with Crippen LogP contribution in [-0.4, -0.2) is 62.8 Å². The average molecular weight is 317 g/mol. The van der Waals surface area contributed by atoms with E-state index in [-0.39, 0.29) is 31.3 Å². The average Bonchev–Trinajstić information content (AvgIpc) is 2.49. The molecule has 0 aliphatic carbocycles. The highest BCUT2D eigenvalue weighted by atomic mass is 32.2. The fraction of sp³-hybridized carbons (Fsp3) is 0.615. The third kappa shape index (κ3) is 4.92. The minimum atomic E-state index is -3.78.